The molecule has 0 fully saturated rings. The highest BCUT2D eigenvalue weighted by molar-refractivity contribution is 5.76. The maximum atomic E-state index is 12.1. The molecule has 0 spiro atoms. The number of carbonyl (C=O) groups excluding carboxylic acids is 1. The number of amides is 1. The molecule has 2 heterocycles. The first-order valence-corrected chi connectivity index (χ1v) is 11.7. The van der Waals surface area contributed by atoms with E-state index in [1.165, 1.54) is 11.1 Å². The highest BCUT2D eigenvalue weighted by Crippen LogP contribution is 2.26. The SMILES string of the molecule is COCCC(=O)N[C@@H](C)c1nnc2n1CCN(CC(c1ccccc1)c1ccccc1)CC2. The lowest BCUT2D eigenvalue weighted by Crippen LogP contribution is -2.33. The Kier molecular flexibility index (Phi) is 7.86. The first kappa shape index (κ1) is 23.1. The van der Waals surface area contributed by atoms with E-state index in [0.29, 0.717) is 18.9 Å². The molecule has 0 aliphatic carbocycles. The number of methoxy groups -OCH3 is 1. The number of carbonyl (C=O) groups is 1. The summed E-state index contributed by atoms with van der Waals surface area (Å²) in [5.41, 5.74) is 2.67. The third-order valence-corrected chi connectivity index (χ3v) is 6.29. The minimum atomic E-state index is -0.191. The van der Waals surface area contributed by atoms with Crippen LogP contribution in [0.25, 0.3) is 0 Å². The van der Waals surface area contributed by atoms with Crippen LogP contribution in [0.5, 0.6) is 0 Å². The van der Waals surface area contributed by atoms with E-state index >= 15 is 0 Å². The zero-order valence-corrected chi connectivity index (χ0v) is 19.5. The summed E-state index contributed by atoms with van der Waals surface area (Å²) in [5.74, 6) is 2.08. The van der Waals surface area contributed by atoms with Gasteiger partial charge in [-0.2, -0.15) is 0 Å². The van der Waals surface area contributed by atoms with Gasteiger partial charge in [0.05, 0.1) is 12.6 Å². The number of ether oxygens (including phenoxy) is 1. The summed E-state index contributed by atoms with van der Waals surface area (Å²) in [4.78, 5) is 14.6. The number of rotatable bonds is 9. The lowest BCUT2D eigenvalue weighted by atomic mass is 9.90. The summed E-state index contributed by atoms with van der Waals surface area (Å²) >= 11 is 0. The molecule has 1 aliphatic heterocycles. The summed E-state index contributed by atoms with van der Waals surface area (Å²) in [6.07, 6.45) is 1.18. The predicted molar refractivity (Wildman–Crippen MR) is 128 cm³/mol. The van der Waals surface area contributed by atoms with Crippen molar-refractivity contribution in [1.82, 2.24) is 25.0 Å². The van der Waals surface area contributed by atoms with Crippen molar-refractivity contribution in [2.75, 3.05) is 33.4 Å². The molecule has 2 aromatic carbocycles. The van der Waals surface area contributed by atoms with Crippen LogP contribution < -0.4 is 5.32 Å². The Bertz CT molecular complexity index is 982. The summed E-state index contributed by atoms with van der Waals surface area (Å²) in [7, 11) is 1.60. The zero-order valence-electron chi connectivity index (χ0n) is 19.5. The first-order valence-electron chi connectivity index (χ1n) is 11.7. The summed E-state index contributed by atoms with van der Waals surface area (Å²) in [5, 5.41) is 11.9. The van der Waals surface area contributed by atoms with Crippen molar-refractivity contribution in [3.05, 3.63) is 83.4 Å². The van der Waals surface area contributed by atoms with Gasteiger partial charge in [0.15, 0.2) is 5.82 Å². The van der Waals surface area contributed by atoms with Crippen molar-refractivity contribution in [3.8, 4) is 0 Å². The number of hydrogen-bond acceptors (Lipinski definition) is 5. The molecule has 0 radical (unpaired) electrons. The highest BCUT2D eigenvalue weighted by Gasteiger charge is 2.25. The van der Waals surface area contributed by atoms with Crippen molar-refractivity contribution < 1.29 is 9.53 Å². The predicted octanol–water partition coefficient (Wildman–Crippen LogP) is 3.18. The molecule has 1 amide bonds. The molecule has 1 aliphatic rings. The molecule has 174 valence electrons. The van der Waals surface area contributed by atoms with Gasteiger partial charge in [0.2, 0.25) is 5.91 Å². The van der Waals surface area contributed by atoms with E-state index in [0.717, 1.165) is 44.2 Å². The molecule has 1 aromatic heterocycles. The monoisotopic (exact) mass is 447 g/mol. The molecule has 3 aromatic rings. The molecule has 33 heavy (non-hydrogen) atoms. The van der Waals surface area contributed by atoms with Gasteiger partial charge in [-0.3, -0.25) is 4.79 Å². The Balaban J connectivity index is 1.45. The average Bonchev–Trinajstić information content (AvgIpc) is 3.16. The lowest BCUT2D eigenvalue weighted by molar-refractivity contribution is -0.122. The normalized spacial score (nSPS) is 15.1. The molecule has 4 rings (SSSR count). The van der Waals surface area contributed by atoms with E-state index in [1.54, 1.807) is 7.11 Å². The van der Waals surface area contributed by atoms with Crippen LogP contribution in [-0.2, 0) is 22.5 Å². The Hall–Kier alpha value is -3.03. The molecule has 1 N–H and O–H groups in total. The maximum absolute atomic E-state index is 12.1. The van der Waals surface area contributed by atoms with Gasteiger partial charge < -0.3 is 19.5 Å². The summed E-state index contributed by atoms with van der Waals surface area (Å²) in [6.45, 7) is 5.99. The minimum absolute atomic E-state index is 0.0366. The zero-order chi connectivity index (χ0) is 23.0. The Morgan fingerprint density at radius 3 is 2.30 bits per heavy atom. The molecular weight excluding hydrogens is 414 g/mol. The molecule has 0 saturated heterocycles. The van der Waals surface area contributed by atoms with Gasteiger partial charge in [0.1, 0.15) is 5.82 Å². The van der Waals surface area contributed by atoms with E-state index in [1.807, 2.05) is 6.92 Å². The Morgan fingerprint density at radius 2 is 1.67 bits per heavy atom. The third-order valence-electron chi connectivity index (χ3n) is 6.29. The van der Waals surface area contributed by atoms with Crippen LogP contribution in [0.3, 0.4) is 0 Å². The number of hydrogen-bond donors (Lipinski definition) is 1. The fraction of sp³-hybridized carbons (Fsp3) is 0.423. The standard InChI is InChI=1S/C26H33N5O2/c1-20(27-25(32)14-18-33-2)26-29-28-24-13-15-30(16-17-31(24)26)19-23(21-9-5-3-6-10-21)22-11-7-4-8-12-22/h3-12,20,23H,13-19H2,1-2H3,(H,27,32)/t20-/m0/s1. The van der Waals surface area contributed by atoms with Crippen LogP contribution in [0.1, 0.15) is 48.1 Å². The summed E-state index contributed by atoms with van der Waals surface area (Å²) < 4.78 is 7.18. The van der Waals surface area contributed by atoms with Gasteiger partial charge in [0, 0.05) is 52.0 Å². The maximum Gasteiger partial charge on any atom is 0.222 e. The molecule has 7 heteroatoms. The highest BCUT2D eigenvalue weighted by atomic mass is 16.5. The van der Waals surface area contributed by atoms with Crippen LogP contribution >= 0.6 is 0 Å². The van der Waals surface area contributed by atoms with Crippen molar-refractivity contribution in [2.45, 2.75) is 38.3 Å². The van der Waals surface area contributed by atoms with Gasteiger partial charge in [-0.1, -0.05) is 60.7 Å². The van der Waals surface area contributed by atoms with Gasteiger partial charge in [-0.15, -0.1) is 10.2 Å². The van der Waals surface area contributed by atoms with Crippen molar-refractivity contribution in [1.29, 1.82) is 0 Å². The average molecular weight is 448 g/mol. The van der Waals surface area contributed by atoms with Crippen LogP contribution in [0.15, 0.2) is 60.7 Å². The van der Waals surface area contributed by atoms with Crippen LogP contribution in [0.4, 0.5) is 0 Å². The van der Waals surface area contributed by atoms with E-state index in [9.17, 15) is 4.79 Å². The van der Waals surface area contributed by atoms with E-state index in [-0.39, 0.29) is 11.9 Å². The second-order valence-electron chi connectivity index (χ2n) is 8.58. The number of nitrogens with one attached hydrogen (secondary N) is 1. The van der Waals surface area contributed by atoms with Crippen molar-refractivity contribution in [3.63, 3.8) is 0 Å². The molecule has 1 atom stereocenters. The molecular formula is C26H33N5O2. The fourth-order valence-electron chi connectivity index (χ4n) is 4.50. The molecule has 0 unspecified atom stereocenters. The van der Waals surface area contributed by atoms with Crippen LogP contribution in [0, 0.1) is 0 Å². The van der Waals surface area contributed by atoms with E-state index < -0.39 is 0 Å². The Morgan fingerprint density at radius 1 is 1.00 bits per heavy atom. The van der Waals surface area contributed by atoms with E-state index in [2.05, 4.69) is 85.6 Å². The second-order valence-corrected chi connectivity index (χ2v) is 8.58. The number of benzene rings is 2. The first-order chi connectivity index (χ1) is 16.2. The molecule has 0 saturated carbocycles. The van der Waals surface area contributed by atoms with Crippen molar-refractivity contribution >= 4 is 5.91 Å². The summed E-state index contributed by atoms with van der Waals surface area (Å²) in [6, 6.07) is 21.3. The number of fused-ring (bicyclic) bond motifs is 1. The molecule has 0 bridgehead atoms. The minimum Gasteiger partial charge on any atom is -0.384 e. The van der Waals surface area contributed by atoms with Crippen LogP contribution in [-0.4, -0.2) is 58.9 Å². The third kappa shape index (κ3) is 5.86. The van der Waals surface area contributed by atoms with Gasteiger partial charge in [-0.25, -0.2) is 0 Å². The van der Waals surface area contributed by atoms with Gasteiger partial charge in [-0.05, 0) is 18.1 Å². The van der Waals surface area contributed by atoms with Gasteiger partial charge >= 0.3 is 0 Å². The van der Waals surface area contributed by atoms with E-state index in [4.69, 9.17) is 4.74 Å². The lowest BCUT2D eigenvalue weighted by Gasteiger charge is -2.27. The Labute approximate surface area is 195 Å². The van der Waals surface area contributed by atoms with Gasteiger partial charge in [0.25, 0.3) is 0 Å². The smallest absolute Gasteiger partial charge is 0.222 e. The second kappa shape index (κ2) is 11.2. The topological polar surface area (TPSA) is 72.3 Å². The van der Waals surface area contributed by atoms with Crippen LogP contribution in [0.2, 0.25) is 0 Å². The van der Waals surface area contributed by atoms with Crippen molar-refractivity contribution in [2.24, 2.45) is 0 Å². The number of aromatic nitrogens is 3. The number of nitrogens with zero attached hydrogens (tertiary/aromatic N) is 4. The fourth-order valence-corrected chi connectivity index (χ4v) is 4.50. The molecule has 7 nitrogen and oxygen atoms in total. The largest absolute Gasteiger partial charge is 0.384 e. The quantitative estimate of drug-likeness (QED) is 0.546.